The van der Waals surface area contributed by atoms with E-state index in [9.17, 15) is 13.2 Å². The summed E-state index contributed by atoms with van der Waals surface area (Å²) < 4.78 is 17.3. The summed E-state index contributed by atoms with van der Waals surface area (Å²) in [6, 6.07) is -0.713. The number of hydrogen-bond donors (Lipinski definition) is 3. The summed E-state index contributed by atoms with van der Waals surface area (Å²) in [5.74, 6) is -0.910. The predicted molar refractivity (Wildman–Crippen MR) is 50.6 cm³/mol. The van der Waals surface area contributed by atoms with E-state index in [1.165, 1.54) is 0 Å². The van der Waals surface area contributed by atoms with Crippen LogP contribution in [0.25, 0.3) is 0 Å². The van der Waals surface area contributed by atoms with E-state index >= 15 is 0 Å². The topological polar surface area (TPSA) is 167 Å². The number of hydrogen-bond acceptors (Lipinski definition) is 6. The second-order valence-corrected chi connectivity index (χ2v) is 4.17. The highest BCUT2D eigenvalue weighted by Gasteiger charge is 2.14. The first-order chi connectivity index (χ1) is 6.50. The van der Waals surface area contributed by atoms with Crippen LogP contribution in [0.4, 0.5) is 0 Å². The molecule has 0 unspecified atom stereocenters. The molecule has 0 saturated heterocycles. The van der Waals surface area contributed by atoms with Gasteiger partial charge in [-0.25, -0.2) is 10.1 Å². The molecule has 0 aliphatic heterocycles. The Bertz CT molecular complexity index is 324. The zero-order valence-electron chi connectivity index (χ0n) is 8.15. The smallest absolute Gasteiger partial charge is 0.480 e. The largest absolute Gasteiger partial charge is 0.492 e. The van der Waals surface area contributed by atoms with Gasteiger partial charge in [0, 0.05) is 0 Å². The molecule has 90 valence electrons. The Morgan fingerprint density at radius 2 is 1.73 bits per heavy atom. The SMILES string of the molecule is CC(C)[C@H](N)C(=O)O.NS(=O)(=O)[N+](=O)[O-]. The number of carboxylic acid groups (broad SMARTS) is 1. The summed E-state index contributed by atoms with van der Waals surface area (Å²) >= 11 is 0. The van der Waals surface area contributed by atoms with E-state index in [1.807, 2.05) is 0 Å². The van der Waals surface area contributed by atoms with Gasteiger partial charge in [0.05, 0.1) is 0 Å². The Hall–Kier alpha value is -1.26. The lowest BCUT2D eigenvalue weighted by molar-refractivity contribution is -0.305. The second-order valence-electron chi connectivity index (χ2n) is 2.85. The first-order valence-corrected chi connectivity index (χ1v) is 5.16. The van der Waals surface area contributed by atoms with Crippen molar-refractivity contribution in [1.29, 1.82) is 0 Å². The van der Waals surface area contributed by atoms with Gasteiger partial charge in [-0.3, -0.25) is 4.79 Å². The molecule has 0 rings (SSSR count). The van der Waals surface area contributed by atoms with Crippen LogP contribution >= 0.6 is 0 Å². The highest BCUT2D eigenvalue weighted by atomic mass is 32.2. The number of aliphatic carboxylic acids is 1. The van der Waals surface area contributed by atoms with Crippen molar-refractivity contribution in [2.24, 2.45) is 16.8 Å². The molecule has 9 nitrogen and oxygen atoms in total. The summed E-state index contributed by atoms with van der Waals surface area (Å²) in [6.45, 7) is 3.55. The summed E-state index contributed by atoms with van der Waals surface area (Å²) in [6.07, 6.45) is 0. The summed E-state index contributed by atoms with van der Waals surface area (Å²) in [4.78, 5) is 19.1. The molecule has 0 bridgehead atoms. The fourth-order valence-electron chi connectivity index (χ4n) is 0.285. The number of carbonyl (C=O) groups is 1. The summed E-state index contributed by atoms with van der Waals surface area (Å²) in [5.41, 5.74) is 5.16. The van der Waals surface area contributed by atoms with Crippen molar-refractivity contribution < 1.29 is 22.6 Å². The molecule has 0 fully saturated rings. The Balaban J connectivity index is 0. The number of carboxylic acids is 1. The molecule has 10 heteroatoms. The van der Waals surface area contributed by atoms with Crippen molar-refractivity contribution in [1.82, 2.24) is 0 Å². The van der Waals surface area contributed by atoms with E-state index in [4.69, 9.17) is 21.0 Å². The standard InChI is InChI=1S/C5H11NO2.H2N2O4S/c1-3(2)4(6)5(7)8;1-7(5,6)2(3)4/h3-4H,6H2,1-2H3,(H,7,8);(H2,1,5,6)/t4-;/m0./s1. The lowest BCUT2D eigenvalue weighted by atomic mass is 10.1. The molecule has 0 aromatic heterocycles. The van der Waals surface area contributed by atoms with Gasteiger partial charge in [-0.2, -0.15) is 5.14 Å². The molecule has 0 saturated carbocycles. The minimum atomic E-state index is -4.52. The van der Waals surface area contributed by atoms with Crippen molar-refractivity contribution in [2.45, 2.75) is 19.9 Å². The molecule has 0 radical (unpaired) electrons. The first-order valence-electron chi connectivity index (χ1n) is 3.65. The van der Waals surface area contributed by atoms with Crippen molar-refractivity contribution in [3.63, 3.8) is 0 Å². The van der Waals surface area contributed by atoms with Gasteiger partial charge in [0.25, 0.3) is 0 Å². The Morgan fingerprint density at radius 1 is 1.47 bits per heavy atom. The Morgan fingerprint density at radius 3 is 1.73 bits per heavy atom. The van der Waals surface area contributed by atoms with Crippen LogP contribution in [0.5, 0.6) is 0 Å². The third-order valence-electron chi connectivity index (χ3n) is 1.21. The number of nitro groups is 1. The van der Waals surface area contributed by atoms with Gasteiger partial charge in [0.15, 0.2) is 4.33 Å². The first kappa shape index (κ1) is 16.2. The minimum absolute atomic E-state index is 0.0208. The Kier molecular flexibility index (Phi) is 6.76. The fraction of sp³-hybridized carbons (Fsp3) is 0.800. The van der Waals surface area contributed by atoms with Crippen LogP contribution in [0.15, 0.2) is 0 Å². The molecular formula is C5H13N3O6S. The lowest BCUT2D eigenvalue weighted by Gasteiger charge is -2.07. The van der Waals surface area contributed by atoms with Crippen LogP contribution in [0.1, 0.15) is 13.8 Å². The highest BCUT2D eigenvalue weighted by molar-refractivity contribution is 7.83. The molecule has 1 atom stereocenters. The highest BCUT2D eigenvalue weighted by Crippen LogP contribution is 1.96. The third-order valence-corrected chi connectivity index (χ3v) is 1.63. The van der Waals surface area contributed by atoms with Gasteiger partial charge in [0.2, 0.25) is 0 Å². The second kappa shape index (κ2) is 6.27. The number of rotatable bonds is 3. The van der Waals surface area contributed by atoms with Crippen LogP contribution in [-0.2, 0) is 15.0 Å². The van der Waals surface area contributed by atoms with Crippen LogP contribution in [-0.4, -0.2) is 29.9 Å². The molecule has 0 amide bonds. The zero-order valence-corrected chi connectivity index (χ0v) is 8.97. The molecule has 0 heterocycles. The van der Waals surface area contributed by atoms with E-state index in [2.05, 4.69) is 5.14 Å². The monoisotopic (exact) mass is 243 g/mol. The average Bonchev–Trinajstić information content (AvgIpc) is 2.01. The van der Waals surface area contributed by atoms with Crippen molar-refractivity contribution >= 4 is 16.2 Å². The number of nitrogens with two attached hydrogens (primary N) is 2. The summed E-state index contributed by atoms with van der Waals surface area (Å²) in [7, 11) is -4.52. The molecule has 0 aromatic carbocycles. The van der Waals surface area contributed by atoms with Gasteiger partial charge in [-0.15, -0.1) is 8.42 Å². The molecule has 5 N–H and O–H groups in total. The lowest BCUT2D eigenvalue weighted by Crippen LogP contribution is -2.34. The van der Waals surface area contributed by atoms with Gasteiger partial charge in [-0.05, 0) is 5.92 Å². The maximum atomic E-state index is 10.0. The number of nitrogens with zero attached hydrogens (tertiary/aromatic N) is 1. The van der Waals surface area contributed by atoms with E-state index in [-0.39, 0.29) is 5.92 Å². The quantitative estimate of drug-likeness (QED) is 0.401. The Labute approximate surface area is 86.4 Å². The van der Waals surface area contributed by atoms with E-state index < -0.39 is 26.5 Å². The van der Waals surface area contributed by atoms with Crippen molar-refractivity contribution in [3.8, 4) is 0 Å². The van der Waals surface area contributed by atoms with Crippen LogP contribution in [0.2, 0.25) is 0 Å². The van der Waals surface area contributed by atoms with Gasteiger partial charge >= 0.3 is 16.2 Å². The molecule has 0 aliphatic rings. The zero-order chi connectivity index (χ0) is 12.8. The third kappa shape index (κ3) is 9.05. The summed E-state index contributed by atoms with van der Waals surface area (Å²) in [5, 5.41) is 21.3. The van der Waals surface area contributed by atoms with Gasteiger partial charge in [0.1, 0.15) is 6.04 Å². The molecule has 0 aromatic rings. The van der Waals surface area contributed by atoms with Gasteiger partial charge < -0.3 is 10.8 Å². The fourth-order valence-corrected chi connectivity index (χ4v) is 0.285. The maximum Gasteiger partial charge on any atom is 0.492 e. The van der Waals surface area contributed by atoms with Crippen LogP contribution in [0, 0.1) is 16.0 Å². The van der Waals surface area contributed by atoms with Crippen LogP contribution < -0.4 is 10.9 Å². The minimum Gasteiger partial charge on any atom is -0.480 e. The molecule has 0 spiro atoms. The molecular weight excluding hydrogens is 230 g/mol. The molecule has 15 heavy (non-hydrogen) atoms. The van der Waals surface area contributed by atoms with Crippen molar-refractivity contribution in [3.05, 3.63) is 10.1 Å². The van der Waals surface area contributed by atoms with Crippen LogP contribution in [0.3, 0.4) is 0 Å². The van der Waals surface area contributed by atoms with Crippen molar-refractivity contribution in [2.75, 3.05) is 0 Å². The van der Waals surface area contributed by atoms with E-state index in [0.29, 0.717) is 0 Å². The molecule has 0 aliphatic carbocycles. The van der Waals surface area contributed by atoms with E-state index in [1.54, 1.807) is 13.8 Å². The maximum absolute atomic E-state index is 10.0. The van der Waals surface area contributed by atoms with Gasteiger partial charge in [-0.1, -0.05) is 13.8 Å². The van der Waals surface area contributed by atoms with E-state index in [0.717, 1.165) is 0 Å². The normalized spacial score (nSPS) is 12.6. The average molecular weight is 243 g/mol. The predicted octanol–water partition coefficient (Wildman–Crippen LogP) is -1.48.